The number of aromatic amines is 1. The van der Waals surface area contributed by atoms with Crippen molar-refractivity contribution in [1.29, 1.82) is 0 Å². The molecule has 2 N–H and O–H groups in total. The Bertz CT molecular complexity index is 772. The van der Waals surface area contributed by atoms with E-state index in [0.29, 0.717) is 18.3 Å². The van der Waals surface area contributed by atoms with Crippen molar-refractivity contribution in [3.05, 3.63) is 36.0 Å². The van der Waals surface area contributed by atoms with Gasteiger partial charge in [0.15, 0.2) is 0 Å². The second kappa shape index (κ2) is 8.15. The lowest BCUT2D eigenvalue weighted by molar-refractivity contribution is -0.127. The number of nitrogens with one attached hydrogen (secondary N) is 2. The average Bonchev–Trinajstić information content (AvgIpc) is 2.97. The van der Waals surface area contributed by atoms with E-state index in [-0.39, 0.29) is 17.7 Å². The molecule has 0 radical (unpaired) electrons. The fourth-order valence-corrected chi connectivity index (χ4v) is 4.48. The highest BCUT2D eigenvalue weighted by molar-refractivity contribution is 5.98. The van der Waals surface area contributed by atoms with Gasteiger partial charge in [-0.25, -0.2) is 0 Å². The minimum absolute atomic E-state index is 0.00170. The summed E-state index contributed by atoms with van der Waals surface area (Å²) >= 11 is 0. The molecule has 27 heavy (non-hydrogen) atoms. The lowest BCUT2D eigenvalue weighted by Gasteiger charge is -2.32. The molecule has 1 atom stereocenters. The van der Waals surface area contributed by atoms with Crippen molar-refractivity contribution in [3.8, 4) is 0 Å². The molecule has 1 saturated heterocycles. The van der Waals surface area contributed by atoms with Crippen molar-refractivity contribution in [2.24, 2.45) is 5.92 Å². The molecule has 1 aromatic heterocycles. The first-order valence-electron chi connectivity index (χ1n) is 10.4. The molecule has 0 unspecified atom stereocenters. The van der Waals surface area contributed by atoms with Crippen molar-refractivity contribution in [2.75, 3.05) is 13.1 Å². The maximum atomic E-state index is 12.9. The second-order valence-electron chi connectivity index (χ2n) is 8.06. The number of aromatic nitrogens is 1. The van der Waals surface area contributed by atoms with Gasteiger partial charge in [0.2, 0.25) is 5.91 Å². The first kappa shape index (κ1) is 18.1. The molecule has 5 nitrogen and oxygen atoms in total. The first-order chi connectivity index (χ1) is 13.2. The van der Waals surface area contributed by atoms with E-state index in [9.17, 15) is 9.59 Å². The Morgan fingerprint density at radius 1 is 1.00 bits per heavy atom. The quantitative estimate of drug-likeness (QED) is 0.809. The Kier molecular flexibility index (Phi) is 5.46. The summed E-state index contributed by atoms with van der Waals surface area (Å²) in [4.78, 5) is 30.8. The Labute approximate surface area is 160 Å². The molecule has 0 spiro atoms. The van der Waals surface area contributed by atoms with Crippen molar-refractivity contribution in [2.45, 2.75) is 57.4 Å². The molecule has 4 rings (SSSR count). The number of hydrogen-bond acceptors (Lipinski definition) is 2. The van der Waals surface area contributed by atoms with Crippen LogP contribution in [0.3, 0.4) is 0 Å². The third-order valence-corrected chi connectivity index (χ3v) is 6.04. The van der Waals surface area contributed by atoms with Gasteiger partial charge in [0.1, 0.15) is 5.69 Å². The Balaban J connectivity index is 1.39. The monoisotopic (exact) mass is 367 g/mol. The molecule has 144 valence electrons. The lowest BCUT2D eigenvalue weighted by Crippen LogP contribution is -2.47. The van der Waals surface area contributed by atoms with E-state index < -0.39 is 0 Å². The zero-order valence-electron chi connectivity index (χ0n) is 15.9. The number of carbonyl (C=O) groups excluding carboxylic acids is 2. The fraction of sp³-hybridized carbons (Fsp3) is 0.545. The SMILES string of the molecule is O=C(NC1CCCCCC1)[C@@H]1CCCN(C(=O)c2cc3ccccc3[nH]2)C1. The molecule has 2 aliphatic rings. The molecule has 5 heteroatoms. The van der Waals surface area contributed by atoms with Crippen molar-refractivity contribution in [3.63, 3.8) is 0 Å². The first-order valence-corrected chi connectivity index (χ1v) is 10.4. The second-order valence-corrected chi connectivity index (χ2v) is 8.06. The van der Waals surface area contributed by atoms with Gasteiger partial charge in [-0.05, 0) is 37.8 Å². The summed E-state index contributed by atoms with van der Waals surface area (Å²) in [6.45, 7) is 1.24. The fourth-order valence-electron chi connectivity index (χ4n) is 4.48. The number of piperidine rings is 1. The van der Waals surface area contributed by atoms with Crippen LogP contribution in [0.5, 0.6) is 0 Å². The highest BCUT2D eigenvalue weighted by Gasteiger charge is 2.30. The van der Waals surface area contributed by atoms with E-state index in [1.165, 1.54) is 25.7 Å². The summed E-state index contributed by atoms with van der Waals surface area (Å²) in [5.74, 6) is 0.0459. The molecule has 2 heterocycles. The van der Waals surface area contributed by atoms with Gasteiger partial charge >= 0.3 is 0 Å². The van der Waals surface area contributed by atoms with Gasteiger partial charge in [-0.3, -0.25) is 9.59 Å². The maximum absolute atomic E-state index is 12.9. The van der Waals surface area contributed by atoms with E-state index >= 15 is 0 Å². The molecule has 1 aliphatic heterocycles. The number of H-pyrrole nitrogens is 1. The molecule has 0 bridgehead atoms. The molecule has 2 fully saturated rings. The van der Waals surface area contributed by atoms with E-state index in [1.807, 2.05) is 35.2 Å². The minimum Gasteiger partial charge on any atom is -0.353 e. The van der Waals surface area contributed by atoms with Gasteiger partial charge in [-0.2, -0.15) is 0 Å². The van der Waals surface area contributed by atoms with Crippen LogP contribution >= 0.6 is 0 Å². The van der Waals surface area contributed by atoms with Gasteiger partial charge in [0.25, 0.3) is 5.91 Å². The zero-order chi connectivity index (χ0) is 18.6. The third kappa shape index (κ3) is 4.18. The lowest BCUT2D eigenvalue weighted by atomic mass is 9.96. The maximum Gasteiger partial charge on any atom is 0.270 e. The zero-order valence-corrected chi connectivity index (χ0v) is 15.9. The Morgan fingerprint density at radius 2 is 1.78 bits per heavy atom. The number of nitrogens with zero attached hydrogens (tertiary/aromatic N) is 1. The number of benzene rings is 1. The summed E-state index contributed by atoms with van der Waals surface area (Å²) in [6, 6.07) is 10.1. The normalized spacial score (nSPS) is 21.8. The summed E-state index contributed by atoms with van der Waals surface area (Å²) in [5, 5.41) is 4.31. The van der Waals surface area contributed by atoms with Crippen LogP contribution in [0, 0.1) is 5.92 Å². The van der Waals surface area contributed by atoms with Crippen LogP contribution in [0.1, 0.15) is 61.9 Å². The van der Waals surface area contributed by atoms with Crippen molar-refractivity contribution in [1.82, 2.24) is 15.2 Å². The van der Waals surface area contributed by atoms with Crippen LogP contribution in [0.15, 0.2) is 30.3 Å². The van der Waals surface area contributed by atoms with Crippen LogP contribution in [-0.4, -0.2) is 40.8 Å². The van der Waals surface area contributed by atoms with E-state index in [2.05, 4.69) is 10.3 Å². The van der Waals surface area contributed by atoms with Gasteiger partial charge < -0.3 is 15.2 Å². The predicted octanol–water partition coefficient (Wildman–Crippen LogP) is 3.86. The Hall–Kier alpha value is -2.30. The van der Waals surface area contributed by atoms with Crippen LogP contribution in [0.25, 0.3) is 10.9 Å². The average molecular weight is 367 g/mol. The number of amides is 2. The van der Waals surface area contributed by atoms with Gasteiger partial charge in [0.05, 0.1) is 5.92 Å². The van der Waals surface area contributed by atoms with Crippen molar-refractivity contribution < 1.29 is 9.59 Å². The Morgan fingerprint density at radius 3 is 2.56 bits per heavy atom. The van der Waals surface area contributed by atoms with Crippen LogP contribution in [0.2, 0.25) is 0 Å². The van der Waals surface area contributed by atoms with Gasteiger partial charge in [0, 0.05) is 30.0 Å². The predicted molar refractivity (Wildman–Crippen MR) is 107 cm³/mol. The molecule has 2 amide bonds. The third-order valence-electron chi connectivity index (χ3n) is 6.04. The molecule has 1 aliphatic carbocycles. The summed E-state index contributed by atoms with van der Waals surface area (Å²) in [7, 11) is 0. The number of para-hydroxylation sites is 1. The number of carbonyl (C=O) groups is 2. The van der Waals surface area contributed by atoms with Crippen LogP contribution < -0.4 is 5.32 Å². The summed E-state index contributed by atoms with van der Waals surface area (Å²) in [6.07, 6.45) is 8.92. The van der Waals surface area contributed by atoms with Crippen molar-refractivity contribution >= 4 is 22.7 Å². The number of fused-ring (bicyclic) bond motifs is 1. The molecular weight excluding hydrogens is 338 g/mol. The number of likely N-dealkylation sites (tertiary alicyclic amines) is 1. The van der Waals surface area contributed by atoms with E-state index in [1.54, 1.807) is 0 Å². The topological polar surface area (TPSA) is 65.2 Å². The standard InChI is InChI=1S/C22H29N3O2/c26-21(23-18-10-3-1-2-4-11-18)17-9-7-13-25(15-17)22(27)20-14-16-8-5-6-12-19(16)24-20/h5-6,8,12,14,17-18,24H,1-4,7,9-11,13,15H2,(H,23,26)/t17-/m1/s1. The van der Waals surface area contributed by atoms with E-state index in [4.69, 9.17) is 0 Å². The van der Waals surface area contributed by atoms with Gasteiger partial charge in [-0.15, -0.1) is 0 Å². The highest BCUT2D eigenvalue weighted by Crippen LogP contribution is 2.23. The highest BCUT2D eigenvalue weighted by atomic mass is 16.2. The largest absolute Gasteiger partial charge is 0.353 e. The summed E-state index contributed by atoms with van der Waals surface area (Å²) < 4.78 is 0. The molecule has 2 aromatic rings. The smallest absolute Gasteiger partial charge is 0.270 e. The van der Waals surface area contributed by atoms with Crippen LogP contribution in [0.4, 0.5) is 0 Å². The summed E-state index contributed by atoms with van der Waals surface area (Å²) in [5.41, 5.74) is 1.58. The van der Waals surface area contributed by atoms with Crippen LogP contribution in [-0.2, 0) is 4.79 Å². The number of rotatable bonds is 3. The van der Waals surface area contributed by atoms with Gasteiger partial charge in [-0.1, -0.05) is 43.9 Å². The number of hydrogen-bond donors (Lipinski definition) is 2. The molecule has 1 aromatic carbocycles. The minimum atomic E-state index is -0.0877. The molecule has 1 saturated carbocycles. The van der Waals surface area contributed by atoms with E-state index in [0.717, 1.165) is 43.1 Å². The molecular formula is C22H29N3O2.